The van der Waals surface area contributed by atoms with Crippen LogP contribution < -0.4 is 9.47 Å². The van der Waals surface area contributed by atoms with Crippen molar-refractivity contribution in [2.45, 2.75) is 5.92 Å². The van der Waals surface area contributed by atoms with Crippen LogP contribution in [0.3, 0.4) is 0 Å². The SMILES string of the molecule is COc1cccc(OCC(CO)c2ccco2)c1. The van der Waals surface area contributed by atoms with Gasteiger partial charge in [-0.05, 0) is 24.3 Å². The summed E-state index contributed by atoms with van der Waals surface area (Å²) in [6.07, 6.45) is 1.59. The van der Waals surface area contributed by atoms with Crippen molar-refractivity contribution < 1.29 is 19.0 Å². The maximum atomic E-state index is 9.31. The third-order valence-electron chi connectivity index (χ3n) is 2.66. The number of aliphatic hydroxyl groups excluding tert-OH is 1. The van der Waals surface area contributed by atoms with Gasteiger partial charge in [0.1, 0.15) is 23.9 Å². The van der Waals surface area contributed by atoms with Gasteiger partial charge < -0.3 is 19.0 Å². The number of hydrogen-bond acceptors (Lipinski definition) is 4. The lowest BCUT2D eigenvalue weighted by Crippen LogP contribution is -2.13. The number of ether oxygens (including phenoxy) is 2. The maximum absolute atomic E-state index is 9.31. The molecule has 4 heteroatoms. The van der Waals surface area contributed by atoms with E-state index < -0.39 is 0 Å². The first-order valence-electron chi connectivity index (χ1n) is 5.74. The topological polar surface area (TPSA) is 51.8 Å². The van der Waals surface area contributed by atoms with E-state index in [2.05, 4.69) is 0 Å². The molecule has 0 fully saturated rings. The normalized spacial score (nSPS) is 12.1. The van der Waals surface area contributed by atoms with E-state index in [-0.39, 0.29) is 12.5 Å². The fraction of sp³-hybridized carbons (Fsp3) is 0.286. The molecular weight excluding hydrogens is 232 g/mol. The Bertz CT molecular complexity index is 464. The zero-order valence-corrected chi connectivity index (χ0v) is 10.2. The van der Waals surface area contributed by atoms with E-state index in [9.17, 15) is 5.11 Å². The number of rotatable bonds is 6. The Hall–Kier alpha value is -1.94. The van der Waals surface area contributed by atoms with Gasteiger partial charge >= 0.3 is 0 Å². The first-order valence-corrected chi connectivity index (χ1v) is 5.74. The van der Waals surface area contributed by atoms with Gasteiger partial charge in [0.2, 0.25) is 0 Å². The second kappa shape index (κ2) is 6.12. The van der Waals surface area contributed by atoms with Crippen LogP contribution in [0.25, 0.3) is 0 Å². The molecule has 2 aromatic rings. The summed E-state index contributed by atoms with van der Waals surface area (Å²) in [6, 6.07) is 11.0. The molecule has 1 aromatic carbocycles. The maximum Gasteiger partial charge on any atom is 0.123 e. The summed E-state index contributed by atoms with van der Waals surface area (Å²) in [5, 5.41) is 9.31. The van der Waals surface area contributed by atoms with E-state index in [1.54, 1.807) is 25.5 Å². The van der Waals surface area contributed by atoms with Gasteiger partial charge in [0.25, 0.3) is 0 Å². The molecule has 0 aliphatic carbocycles. The van der Waals surface area contributed by atoms with Crippen molar-refractivity contribution in [1.29, 1.82) is 0 Å². The van der Waals surface area contributed by atoms with Crippen molar-refractivity contribution >= 4 is 0 Å². The summed E-state index contributed by atoms with van der Waals surface area (Å²) in [6.45, 7) is 0.342. The van der Waals surface area contributed by atoms with Crippen LogP contribution in [0.1, 0.15) is 11.7 Å². The minimum Gasteiger partial charge on any atom is -0.497 e. The van der Waals surface area contributed by atoms with Gasteiger partial charge in [-0.1, -0.05) is 6.07 Å². The Labute approximate surface area is 106 Å². The van der Waals surface area contributed by atoms with E-state index in [0.29, 0.717) is 12.4 Å². The molecule has 0 bridgehead atoms. The van der Waals surface area contributed by atoms with E-state index >= 15 is 0 Å². The highest BCUT2D eigenvalue weighted by molar-refractivity contribution is 5.32. The summed E-state index contributed by atoms with van der Waals surface area (Å²) in [5.74, 6) is 2.01. The van der Waals surface area contributed by atoms with Crippen LogP contribution in [0.2, 0.25) is 0 Å². The Kier molecular flexibility index (Phi) is 4.25. The molecule has 1 aromatic heterocycles. The highest BCUT2D eigenvalue weighted by Crippen LogP contribution is 2.22. The van der Waals surface area contributed by atoms with Gasteiger partial charge in [0.15, 0.2) is 0 Å². The van der Waals surface area contributed by atoms with Crippen LogP contribution in [0.4, 0.5) is 0 Å². The highest BCUT2D eigenvalue weighted by atomic mass is 16.5. The monoisotopic (exact) mass is 248 g/mol. The van der Waals surface area contributed by atoms with Crippen LogP contribution in [0.5, 0.6) is 11.5 Å². The first kappa shape index (κ1) is 12.5. The summed E-state index contributed by atoms with van der Waals surface area (Å²) >= 11 is 0. The summed E-state index contributed by atoms with van der Waals surface area (Å²) in [7, 11) is 1.61. The Morgan fingerprint density at radius 2 is 2.06 bits per heavy atom. The fourth-order valence-corrected chi connectivity index (χ4v) is 1.64. The molecule has 1 unspecified atom stereocenters. The lowest BCUT2D eigenvalue weighted by atomic mass is 10.1. The second-order valence-electron chi connectivity index (χ2n) is 3.88. The lowest BCUT2D eigenvalue weighted by molar-refractivity contribution is 0.190. The number of benzene rings is 1. The molecule has 0 aliphatic heterocycles. The minimum atomic E-state index is -0.161. The van der Waals surface area contributed by atoms with Crippen molar-refractivity contribution in [3.63, 3.8) is 0 Å². The number of furan rings is 1. The fourth-order valence-electron chi connectivity index (χ4n) is 1.64. The lowest BCUT2D eigenvalue weighted by Gasteiger charge is -2.13. The zero-order chi connectivity index (χ0) is 12.8. The van der Waals surface area contributed by atoms with Crippen LogP contribution in [0, 0.1) is 0 Å². The summed E-state index contributed by atoms with van der Waals surface area (Å²) in [4.78, 5) is 0. The quantitative estimate of drug-likeness (QED) is 0.853. The summed E-state index contributed by atoms with van der Waals surface area (Å²) in [5.41, 5.74) is 0. The second-order valence-corrected chi connectivity index (χ2v) is 3.88. The standard InChI is InChI=1S/C14H16O4/c1-16-12-4-2-5-13(8-12)18-10-11(9-15)14-6-3-7-17-14/h2-8,11,15H,9-10H2,1H3. The third-order valence-corrected chi connectivity index (χ3v) is 2.66. The van der Waals surface area contributed by atoms with Crippen molar-refractivity contribution in [1.82, 2.24) is 0 Å². The van der Waals surface area contributed by atoms with E-state index in [0.717, 1.165) is 11.5 Å². The Morgan fingerprint density at radius 3 is 2.72 bits per heavy atom. The molecule has 0 aliphatic rings. The van der Waals surface area contributed by atoms with Gasteiger partial charge in [-0.25, -0.2) is 0 Å². The molecule has 1 heterocycles. The smallest absolute Gasteiger partial charge is 0.123 e. The van der Waals surface area contributed by atoms with Crippen LogP contribution in [0.15, 0.2) is 47.1 Å². The number of aliphatic hydroxyl groups is 1. The molecule has 0 saturated heterocycles. The molecule has 0 saturated carbocycles. The van der Waals surface area contributed by atoms with Gasteiger partial charge in [-0.2, -0.15) is 0 Å². The van der Waals surface area contributed by atoms with Gasteiger partial charge in [0.05, 0.1) is 25.9 Å². The van der Waals surface area contributed by atoms with Crippen molar-refractivity contribution in [2.24, 2.45) is 0 Å². The molecule has 1 atom stereocenters. The molecule has 1 N–H and O–H groups in total. The summed E-state index contributed by atoms with van der Waals surface area (Å²) < 4.78 is 16.0. The number of methoxy groups -OCH3 is 1. The predicted octanol–water partition coefficient (Wildman–Crippen LogP) is 2.44. The average Bonchev–Trinajstić information content (AvgIpc) is 2.94. The largest absolute Gasteiger partial charge is 0.497 e. The molecule has 2 rings (SSSR count). The molecule has 0 radical (unpaired) electrons. The average molecular weight is 248 g/mol. The van der Waals surface area contributed by atoms with Crippen LogP contribution in [-0.2, 0) is 0 Å². The molecule has 96 valence electrons. The zero-order valence-electron chi connectivity index (χ0n) is 10.2. The van der Waals surface area contributed by atoms with Crippen molar-refractivity contribution in [2.75, 3.05) is 20.3 Å². The van der Waals surface area contributed by atoms with Crippen molar-refractivity contribution in [3.8, 4) is 11.5 Å². The van der Waals surface area contributed by atoms with Crippen molar-refractivity contribution in [3.05, 3.63) is 48.4 Å². The molecule has 18 heavy (non-hydrogen) atoms. The first-order chi connectivity index (χ1) is 8.83. The predicted molar refractivity (Wildman–Crippen MR) is 67.0 cm³/mol. The van der Waals surface area contributed by atoms with Crippen LogP contribution in [-0.4, -0.2) is 25.4 Å². The molecular formula is C14H16O4. The van der Waals surface area contributed by atoms with Gasteiger partial charge in [-0.15, -0.1) is 0 Å². The van der Waals surface area contributed by atoms with Crippen LogP contribution >= 0.6 is 0 Å². The highest BCUT2D eigenvalue weighted by Gasteiger charge is 2.14. The molecule has 4 nitrogen and oxygen atoms in total. The molecule has 0 spiro atoms. The van der Waals surface area contributed by atoms with Gasteiger partial charge in [-0.3, -0.25) is 0 Å². The third kappa shape index (κ3) is 3.05. The Morgan fingerprint density at radius 1 is 1.22 bits per heavy atom. The Balaban J connectivity index is 1.97. The minimum absolute atomic E-state index is 0.0164. The van der Waals surface area contributed by atoms with E-state index in [4.69, 9.17) is 13.9 Å². The molecule has 0 amide bonds. The van der Waals surface area contributed by atoms with Gasteiger partial charge in [0, 0.05) is 6.07 Å². The number of hydrogen-bond donors (Lipinski definition) is 1. The van der Waals surface area contributed by atoms with E-state index in [1.807, 2.05) is 24.3 Å². The van der Waals surface area contributed by atoms with E-state index in [1.165, 1.54) is 0 Å².